The molecule has 0 atom stereocenters. The lowest BCUT2D eigenvalue weighted by Gasteiger charge is -2.34. The summed E-state index contributed by atoms with van der Waals surface area (Å²) in [5, 5.41) is 8.52. The molecule has 1 heterocycles. The normalized spacial score (nSPS) is 14.8. The zero-order valence-corrected chi connectivity index (χ0v) is 11.5. The lowest BCUT2D eigenvalue weighted by molar-refractivity contribution is -0.131. The first-order valence-corrected chi connectivity index (χ1v) is 6.62. The van der Waals surface area contributed by atoms with Gasteiger partial charge in [0.05, 0.1) is 6.07 Å². The average molecular weight is 271 g/mol. The molecule has 1 aliphatic heterocycles. The molecule has 1 saturated heterocycles. The molecular weight excluding hydrogens is 254 g/mol. The molecule has 1 aromatic carbocycles. The van der Waals surface area contributed by atoms with Gasteiger partial charge in [-0.3, -0.25) is 9.59 Å². The molecule has 0 unspecified atom stereocenters. The Kier molecular flexibility index (Phi) is 4.36. The van der Waals surface area contributed by atoms with Crippen LogP contribution in [0, 0.1) is 18.3 Å². The van der Waals surface area contributed by atoms with Crippen molar-refractivity contribution in [1.82, 2.24) is 9.80 Å². The van der Waals surface area contributed by atoms with Gasteiger partial charge in [0.1, 0.15) is 6.42 Å². The third kappa shape index (κ3) is 3.15. The van der Waals surface area contributed by atoms with Crippen LogP contribution < -0.4 is 0 Å². The Bertz CT molecular complexity index is 554. The van der Waals surface area contributed by atoms with Crippen molar-refractivity contribution < 1.29 is 9.59 Å². The molecule has 0 aromatic heterocycles. The molecule has 20 heavy (non-hydrogen) atoms. The van der Waals surface area contributed by atoms with E-state index in [4.69, 9.17) is 5.26 Å². The van der Waals surface area contributed by atoms with Gasteiger partial charge in [0, 0.05) is 31.7 Å². The minimum atomic E-state index is -0.157. The van der Waals surface area contributed by atoms with E-state index in [1.54, 1.807) is 9.80 Å². The summed E-state index contributed by atoms with van der Waals surface area (Å²) in [6.07, 6.45) is -0.0914. The molecule has 1 aromatic rings. The first kappa shape index (κ1) is 14.1. The van der Waals surface area contributed by atoms with Gasteiger partial charge in [0.25, 0.3) is 5.91 Å². The van der Waals surface area contributed by atoms with Crippen LogP contribution in [0.1, 0.15) is 22.3 Å². The van der Waals surface area contributed by atoms with Gasteiger partial charge in [-0.05, 0) is 19.1 Å². The van der Waals surface area contributed by atoms with Crippen molar-refractivity contribution in [1.29, 1.82) is 5.26 Å². The van der Waals surface area contributed by atoms with E-state index in [2.05, 4.69) is 0 Å². The number of hydrogen-bond acceptors (Lipinski definition) is 3. The minimum Gasteiger partial charge on any atom is -0.338 e. The topological polar surface area (TPSA) is 64.4 Å². The maximum atomic E-state index is 12.3. The molecule has 5 nitrogen and oxygen atoms in total. The Morgan fingerprint density at radius 3 is 2.45 bits per heavy atom. The molecule has 2 rings (SSSR count). The zero-order chi connectivity index (χ0) is 14.5. The summed E-state index contributed by atoms with van der Waals surface area (Å²) in [6.45, 7) is 3.99. The Morgan fingerprint density at radius 1 is 1.20 bits per heavy atom. The van der Waals surface area contributed by atoms with Crippen molar-refractivity contribution in [3.05, 3.63) is 35.4 Å². The monoisotopic (exact) mass is 271 g/mol. The van der Waals surface area contributed by atoms with Crippen LogP contribution in [0.5, 0.6) is 0 Å². The second-order valence-electron chi connectivity index (χ2n) is 4.88. The fourth-order valence-corrected chi connectivity index (χ4v) is 2.30. The van der Waals surface area contributed by atoms with Crippen LogP contribution in [0.3, 0.4) is 0 Å². The standard InChI is InChI=1S/C15H17N3O2/c1-12-3-2-4-13(11-12)15(20)18-9-7-17(8-10-18)14(19)5-6-16/h2-4,11H,5,7-10H2,1H3. The molecule has 0 N–H and O–H groups in total. The summed E-state index contributed by atoms with van der Waals surface area (Å²) in [7, 11) is 0. The highest BCUT2D eigenvalue weighted by atomic mass is 16.2. The summed E-state index contributed by atoms with van der Waals surface area (Å²) >= 11 is 0. The predicted molar refractivity (Wildman–Crippen MR) is 73.9 cm³/mol. The quantitative estimate of drug-likeness (QED) is 0.811. The Labute approximate surface area is 118 Å². The summed E-state index contributed by atoms with van der Waals surface area (Å²) in [5.74, 6) is -0.156. The summed E-state index contributed by atoms with van der Waals surface area (Å²) in [6, 6.07) is 9.36. The van der Waals surface area contributed by atoms with Crippen molar-refractivity contribution in [2.75, 3.05) is 26.2 Å². The number of carbonyl (C=O) groups is 2. The van der Waals surface area contributed by atoms with E-state index in [1.165, 1.54) is 0 Å². The fraction of sp³-hybridized carbons (Fsp3) is 0.400. The van der Waals surface area contributed by atoms with Crippen LogP contribution in [0.2, 0.25) is 0 Å². The van der Waals surface area contributed by atoms with Crippen molar-refractivity contribution in [3.63, 3.8) is 0 Å². The smallest absolute Gasteiger partial charge is 0.253 e. The number of nitriles is 1. The van der Waals surface area contributed by atoms with E-state index in [9.17, 15) is 9.59 Å². The maximum absolute atomic E-state index is 12.3. The summed E-state index contributed by atoms with van der Waals surface area (Å²) in [4.78, 5) is 27.3. The third-order valence-corrected chi connectivity index (χ3v) is 3.41. The second-order valence-corrected chi connectivity index (χ2v) is 4.88. The van der Waals surface area contributed by atoms with Crippen LogP contribution >= 0.6 is 0 Å². The maximum Gasteiger partial charge on any atom is 0.253 e. The molecule has 104 valence electrons. The summed E-state index contributed by atoms with van der Waals surface area (Å²) < 4.78 is 0. The number of amides is 2. The van der Waals surface area contributed by atoms with Gasteiger partial charge in [-0.15, -0.1) is 0 Å². The van der Waals surface area contributed by atoms with E-state index in [-0.39, 0.29) is 18.2 Å². The van der Waals surface area contributed by atoms with Gasteiger partial charge >= 0.3 is 0 Å². The molecule has 0 aliphatic carbocycles. The average Bonchev–Trinajstić information content (AvgIpc) is 2.47. The predicted octanol–water partition coefficient (Wildman–Crippen LogP) is 1.19. The van der Waals surface area contributed by atoms with E-state index >= 15 is 0 Å². The van der Waals surface area contributed by atoms with E-state index in [1.807, 2.05) is 37.3 Å². The van der Waals surface area contributed by atoms with E-state index in [0.717, 1.165) is 5.56 Å². The first-order chi connectivity index (χ1) is 9.61. The molecule has 2 amide bonds. The molecule has 0 spiro atoms. The van der Waals surface area contributed by atoms with Crippen LogP contribution in [-0.4, -0.2) is 47.8 Å². The Hall–Kier alpha value is -2.35. The van der Waals surface area contributed by atoms with Crippen LogP contribution in [0.4, 0.5) is 0 Å². The molecule has 1 fully saturated rings. The van der Waals surface area contributed by atoms with Crippen molar-refractivity contribution >= 4 is 11.8 Å². The van der Waals surface area contributed by atoms with Crippen LogP contribution in [-0.2, 0) is 4.79 Å². The summed E-state index contributed by atoms with van der Waals surface area (Å²) in [5.41, 5.74) is 1.74. The number of carbonyl (C=O) groups excluding carboxylic acids is 2. The van der Waals surface area contributed by atoms with Gasteiger partial charge in [-0.2, -0.15) is 5.26 Å². The SMILES string of the molecule is Cc1cccc(C(=O)N2CCN(C(=O)CC#N)CC2)c1. The largest absolute Gasteiger partial charge is 0.338 e. The van der Waals surface area contributed by atoms with Crippen LogP contribution in [0.15, 0.2) is 24.3 Å². The van der Waals surface area contributed by atoms with E-state index < -0.39 is 0 Å². The highest BCUT2D eigenvalue weighted by molar-refractivity contribution is 5.94. The van der Waals surface area contributed by atoms with Gasteiger partial charge in [0.2, 0.25) is 5.91 Å². The zero-order valence-electron chi connectivity index (χ0n) is 11.5. The highest BCUT2D eigenvalue weighted by Crippen LogP contribution is 2.11. The van der Waals surface area contributed by atoms with Crippen molar-refractivity contribution in [2.45, 2.75) is 13.3 Å². The fourth-order valence-electron chi connectivity index (χ4n) is 2.30. The lowest BCUT2D eigenvalue weighted by atomic mass is 10.1. The number of nitrogens with zero attached hydrogens (tertiary/aromatic N) is 3. The number of hydrogen-bond donors (Lipinski definition) is 0. The molecule has 0 saturated carbocycles. The number of rotatable bonds is 2. The number of piperazine rings is 1. The first-order valence-electron chi connectivity index (χ1n) is 6.62. The third-order valence-electron chi connectivity index (χ3n) is 3.41. The van der Waals surface area contributed by atoms with Gasteiger partial charge in [0.15, 0.2) is 0 Å². The second kappa shape index (κ2) is 6.20. The van der Waals surface area contributed by atoms with Crippen molar-refractivity contribution in [3.8, 4) is 6.07 Å². The lowest BCUT2D eigenvalue weighted by Crippen LogP contribution is -2.50. The Morgan fingerprint density at radius 2 is 1.85 bits per heavy atom. The molecule has 5 heteroatoms. The highest BCUT2D eigenvalue weighted by Gasteiger charge is 2.24. The van der Waals surface area contributed by atoms with E-state index in [0.29, 0.717) is 31.7 Å². The number of aryl methyl sites for hydroxylation is 1. The Balaban J connectivity index is 1.96. The molecule has 1 aliphatic rings. The minimum absolute atomic E-state index is 0.00100. The molecule has 0 bridgehead atoms. The van der Waals surface area contributed by atoms with Gasteiger partial charge < -0.3 is 9.80 Å². The molecular formula is C15H17N3O2. The molecule has 0 radical (unpaired) electrons. The van der Waals surface area contributed by atoms with Gasteiger partial charge in [-0.1, -0.05) is 17.7 Å². The van der Waals surface area contributed by atoms with Gasteiger partial charge in [-0.25, -0.2) is 0 Å². The van der Waals surface area contributed by atoms with Crippen LogP contribution in [0.25, 0.3) is 0 Å². The number of benzene rings is 1. The van der Waals surface area contributed by atoms with Crippen molar-refractivity contribution in [2.24, 2.45) is 0 Å².